The number of rotatable bonds is 66. The minimum atomic E-state index is -0.776. The van der Waals surface area contributed by atoms with Crippen LogP contribution in [-0.4, -0.2) is 37.2 Å². The molecule has 0 fully saturated rings. The highest BCUT2D eigenvalue weighted by molar-refractivity contribution is 5.71. The largest absolute Gasteiger partial charge is 0.462 e. The summed E-state index contributed by atoms with van der Waals surface area (Å²) in [5.41, 5.74) is 0. The van der Waals surface area contributed by atoms with Crippen LogP contribution in [0.2, 0.25) is 0 Å². The Bertz CT molecular complexity index is 1320. The van der Waals surface area contributed by atoms with Gasteiger partial charge in [-0.05, 0) is 96.3 Å². The number of unbranched alkanes of at least 4 members (excludes halogenated alkanes) is 49. The summed E-state index contributed by atoms with van der Waals surface area (Å²) >= 11 is 0. The van der Waals surface area contributed by atoms with E-state index < -0.39 is 6.10 Å². The lowest BCUT2D eigenvalue weighted by atomic mass is 10.0. The van der Waals surface area contributed by atoms with Crippen LogP contribution in [0.3, 0.4) is 0 Å². The fourth-order valence-corrected chi connectivity index (χ4v) is 10.7. The molecule has 1 unspecified atom stereocenters. The van der Waals surface area contributed by atoms with Crippen LogP contribution in [0.1, 0.15) is 393 Å². The van der Waals surface area contributed by atoms with Crippen LogP contribution in [0.25, 0.3) is 0 Å². The monoisotopic (exact) mass is 1110 g/mol. The first kappa shape index (κ1) is 76.6. The lowest BCUT2D eigenvalue weighted by molar-refractivity contribution is -0.167. The Kier molecular flexibility index (Phi) is 66.1. The van der Waals surface area contributed by atoms with Gasteiger partial charge < -0.3 is 14.2 Å². The van der Waals surface area contributed by atoms with Crippen molar-refractivity contribution in [2.75, 3.05) is 13.2 Å². The summed E-state index contributed by atoms with van der Waals surface area (Å²) in [7, 11) is 0. The van der Waals surface area contributed by atoms with E-state index in [-0.39, 0.29) is 31.1 Å². The highest BCUT2D eigenvalue weighted by Crippen LogP contribution is 2.18. The van der Waals surface area contributed by atoms with Gasteiger partial charge in [0.2, 0.25) is 0 Å². The van der Waals surface area contributed by atoms with E-state index in [2.05, 4.69) is 57.2 Å². The molecule has 1 atom stereocenters. The van der Waals surface area contributed by atoms with Crippen molar-refractivity contribution in [3.8, 4) is 0 Å². The first-order valence-corrected chi connectivity index (χ1v) is 35.5. The molecule has 0 aromatic heterocycles. The zero-order chi connectivity index (χ0) is 57.1. The Morgan fingerprint density at radius 1 is 0.241 bits per heavy atom. The van der Waals surface area contributed by atoms with Crippen molar-refractivity contribution in [1.82, 2.24) is 0 Å². The molecule has 0 heterocycles. The molecule has 464 valence electrons. The molecule has 6 heteroatoms. The van der Waals surface area contributed by atoms with E-state index in [1.54, 1.807) is 0 Å². The predicted molar refractivity (Wildman–Crippen MR) is 344 cm³/mol. The highest BCUT2D eigenvalue weighted by Gasteiger charge is 2.19. The second-order valence-electron chi connectivity index (χ2n) is 24.1. The Morgan fingerprint density at radius 3 is 0.646 bits per heavy atom. The topological polar surface area (TPSA) is 78.9 Å². The van der Waals surface area contributed by atoms with Crippen molar-refractivity contribution in [3.63, 3.8) is 0 Å². The van der Waals surface area contributed by atoms with Crippen molar-refractivity contribution in [2.24, 2.45) is 0 Å². The molecule has 0 bridgehead atoms. The minimum Gasteiger partial charge on any atom is -0.462 e. The van der Waals surface area contributed by atoms with E-state index in [1.807, 2.05) is 0 Å². The standard InChI is InChI=1S/C73H136O6/c1-4-7-10-13-16-19-22-25-27-29-31-33-34-35-36-37-38-40-41-43-45-48-51-54-57-60-63-66-72(75)78-69-70(68-77-71(74)65-62-59-56-53-50-47-24-21-18-15-12-9-6-3)79-73(76)67-64-61-58-55-52-49-46-44-42-39-32-30-28-26-23-20-17-14-11-8-5-2/h21,24,29-32,70H,4-20,22-23,25-28,33-69H2,1-3H3/b24-21-,31-29-,32-30-. The number of carbonyl (C=O) groups is 3. The maximum absolute atomic E-state index is 12.9. The predicted octanol–water partition coefficient (Wildman–Crippen LogP) is 24.3. The highest BCUT2D eigenvalue weighted by atomic mass is 16.6. The summed E-state index contributed by atoms with van der Waals surface area (Å²) in [4.78, 5) is 38.4. The summed E-state index contributed by atoms with van der Waals surface area (Å²) in [6, 6.07) is 0. The third-order valence-electron chi connectivity index (χ3n) is 16.1. The third kappa shape index (κ3) is 66.3. The van der Waals surface area contributed by atoms with E-state index >= 15 is 0 Å². The SMILES string of the molecule is CCCCCC/C=C\CCCCCCCC(=O)OCC(COC(=O)CCCCCCCCCCCCCCCCC/C=C\CCCCCCCCCC)OC(=O)CCCCCCCCCCC/C=C\CCCCCCCCCC. The molecule has 79 heavy (non-hydrogen) atoms. The third-order valence-corrected chi connectivity index (χ3v) is 16.1. The van der Waals surface area contributed by atoms with Gasteiger partial charge in [-0.15, -0.1) is 0 Å². The molecule has 0 rings (SSSR count). The molecule has 6 nitrogen and oxygen atoms in total. The second kappa shape index (κ2) is 68.1. The van der Waals surface area contributed by atoms with E-state index in [0.29, 0.717) is 19.3 Å². The van der Waals surface area contributed by atoms with Crippen molar-refractivity contribution in [3.05, 3.63) is 36.5 Å². The van der Waals surface area contributed by atoms with Crippen molar-refractivity contribution < 1.29 is 28.6 Å². The first-order chi connectivity index (χ1) is 39.0. The molecule has 0 aromatic carbocycles. The Balaban J connectivity index is 4.22. The van der Waals surface area contributed by atoms with E-state index in [9.17, 15) is 14.4 Å². The first-order valence-electron chi connectivity index (χ1n) is 35.5. The van der Waals surface area contributed by atoms with E-state index in [1.165, 1.54) is 289 Å². The molecule has 0 saturated heterocycles. The number of hydrogen-bond acceptors (Lipinski definition) is 6. The number of carbonyl (C=O) groups excluding carboxylic acids is 3. The van der Waals surface area contributed by atoms with Gasteiger partial charge in [0.15, 0.2) is 6.10 Å². The minimum absolute atomic E-state index is 0.0715. The average Bonchev–Trinajstić information content (AvgIpc) is 3.45. The normalized spacial score (nSPS) is 12.2. The van der Waals surface area contributed by atoms with Crippen LogP contribution < -0.4 is 0 Å². The van der Waals surface area contributed by atoms with Gasteiger partial charge in [-0.2, -0.15) is 0 Å². The van der Waals surface area contributed by atoms with Crippen molar-refractivity contribution in [1.29, 1.82) is 0 Å². The van der Waals surface area contributed by atoms with Gasteiger partial charge in [0.05, 0.1) is 0 Å². The van der Waals surface area contributed by atoms with Gasteiger partial charge in [0.25, 0.3) is 0 Å². The molecule has 0 spiro atoms. The number of allylic oxidation sites excluding steroid dienone is 6. The van der Waals surface area contributed by atoms with Gasteiger partial charge >= 0.3 is 17.9 Å². The van der Waals surface area contributed by atoms with E-state index in [4.69, 9.17) is 14.2 Å². The quantitative estimate of drug-likeness (QED) is 0.0261. The summed E-state index contributed by atoms with van der Waals surface area (Å²) in [5, 5.41) is 0. The van der Waals surface area contributed by atoms with Crippen LogP contribution >= 0.6 is 0 Å². The van der Waals surface area contributed by atoms with E-state index in [0.717, 1.165) is 64.2 Å². The Morgan fingerprint density at radius 2 is 0.418 bits per heavy atom. The van der Waals surface area contributed by atoms with Gasteiger partial charge in [0, 0.05) is 19.3 Å². The molecule has 0 N–H and O–H groups in total. The van der Waals surface area contributed by atoms with Crippen LogP contribution in [0.15, 0.2) is 36.5 Å². The number of esters is 3. The molecule has 0 saturated carbocycles. The summed E-state index contributed by atoms with van der Waals surface area (Å²) in [6.07, 6.45) is 84.6. The number of hydrogen-bond donors (Lipinski definition) is 0. The summed E-state index contributed by atoms with van der Waals surface area (Å²) < 4.78 is 17.0. The second-order valence-corrected chi connectivity index (χ2v) is 24.1. The molecule has 0 aliphatic carbocycles. The maximum Gasteiger partial charge on any atom is 0.306 e. The molecular weight excluding hydrogens is 973 g/mol. The Labute approximate surface area is 493 Å². The lowest BCUT2D eigenvalue weighted by Crippen LogP contribution is -2.30. The lowest BCUT2D eigenvalue weighted by Gasteiger charge is -2.18. The van der Waals surface area contributed by atoms with Crippen molar-refractivity contribution in [2.45, 2.75) is 399 Å². The van der Waals surface area contributed by atoms with Gasteiger partial charge in [-0.3, -0.25) is 14.4 Å². The van der Waals surface area contributed by atoms with Gasteiger partial charge in [-0.1, -0.05) is 314 Å². The molecule has 0 aromatic rings. The Hall–Kier alpha value is -2.37. The summed E-state index contributed by atoms with van der Waals surface area (Å²) in [5.74, 6) is -0.856. The molecule has 0 aliphatic heterocycles. The molecule has 0 aliphatic rings. The van der Waals surface area contributed by atoms with Gasteiger partial charge in [0.1, 0.15) is 13.2 Å². The van der Waals surface area contributed by atoms with Gasteiger partial charge in [-0.25, -0.2) is 0 Å². The van der Waals surface area contributed by atoms with Crippen LogP contribution in [0.5, 0.6) is 0 Å². The van der Waals surface area contributed by atoms with Crippen LogP contribution in [0.4, 0.5) is 0 Å². The fourth-order valence-electron chi connectivity index (χ4n) is 10.7. The summed E-state index contributed by atoms with van der Waals surface area (Å²) in [6.45, 7) is 6.68. The molecule has 0 amide bonds. The zero-order valence-electron chi connectivity index (χ0n) is 53.4. The smallest absolute Gasteiger partial charge is 0.306 e. The van der Waals surface area contributed by atoms with Crippen molar-refractivity contribution >= 4 is 17.9 Å². The average molecular weight is 1110 g/mol. The maximum atomic E-state index is 12.9. The zero-order valence-corrected chi connectivity index (χ0v) is 53.4. The number of ether oxygens (including phenoxy) is 3. The fraction of sp³-hybridized carbons (Fsp3) is 0.877. The van der Waals surface area contributed by atoms with Crippen LogP contribution in [0, 0.1) is 0 Å². The van der Waals surface area contributed by atoms with Crippen LogP contribution in [-0.2, 0) is 28.6 Å². The molecule has 0 radical (unpaired) electrons. The molecular formula is C73H136O6.